The smallest absolute Gasteiger partial charge is 0.119 e. The Morgan fingerprint density at radius 2 is 2.17 bits per heavy atom. The minimum absolute atomic E-state index is 0.729. The van der Waals surface area contributed by atoms with Gasteiger partial charge in [-0.05, 0) is 49.9 Å². The van der Waals surface area contributed by atoms with E-state index in [1.54, 1.807) is 0 Å². The van der Waals surface area contributed by atoms with Gasteiger partial charge in [0.1, 0.15) is 12.4 Å². The fourth-order valence-corrected chi connectivity index (χ4v) is 2.20. The highest BCUT2D eigenvalue weighted by Gasteiger charge is 2.12. The number of aryl methyl sites for hydroxylation is 1. The van der Waals surface area contributed by atoms with Gasteiger partial charge in [0.15, 0.2) is 0 Å². The zero-order chi connectivity index (χ0) is 12.6. The molecule has 0 aromatic heterocycles. The molecule has 0 aliphatic carbocycles. The largest absolute Gasteiger partial charge is 0.492 e. The van der Waals surface area contributed by atoms with E-state index < -0.39 is 0 Å². The van der Waals surface area contributed by atoms with Crippen molar-refractivity contribution in [2.24, 2.45) is 5.92 Å². The van der Waals surface area contributed by atoms with E-state index in [9.17, 15) is 0 Å². The first kappa shape index (κ1) is 13.4. The van der Waals surface area contributed by atoms with Crippen molar-refractivity contribution in [2.75, 3.05) is 32.9 Å². The molecule has 0 spiro atoms. The van der Waals surface area contributed by atoms with Crippen molar-refractivity contribution in [2.45, 2.75) is 19.8 Å². The predicted molar refractivity (Wildman–Crippen MR) is 73.1 cm³/mol. The summed E-state index contributed by atoms with van der Waals surface area (Å²) in [6, 6.07) is 8.18. The van der Waals surface area contributed by atoms with Gasteiger partial charge in [-0.15, -0.1) is 0 Å². The molecule has 1 N–H and O–H groups in total. The first-order valence-corrected chi connectivity index (χ1v) is 6.82. The van der Waals surface area contributed by atoms with E-state index in [-0.39, 0.29) is 0 Å². The summed E-state index contributed by atoms with van der Waals surface area (Å²) in [4.78, 5) is 0. The third-order valence-corrected chi connectivity index (χ3v) is 3.31. The molecule has 18 heavy (non-hydrogen) atoms. The van der Waals surface area contributed by atoms with Crippen molar-refractivity contribution in [3.8, 4) is 5.75 Å². The molecule has 1 heterocycles. The van der Waals surface area contributed by atoms with Gasteiger partial charge in [0, 0.05) is 19.8 Å². The SMILES string of the molecule is Cc1cccc(OCCNCC2CCOCC2)c1. The molecule has 1 aliphatic heterocycles. The summed E-state index contributed by atoms with van der Waals surface area (Å²) < 4.78 is 11.0. The minimum Gasteiger partial charge on any atom is -0.492 e. The van der Waals surface area contributed by atoms with Crippen LogP contribution in [-0.4, -0.2) is 32.9 Å². The number of hydrogen-bond acceptors (Lipinski definition) is 3. The van der Waals surface area contributed by atoms with Crippen LogP contribution >= 0.6 is 0 Å². The van der Waals surface area contributed by atoms with Gasteiger partial charge in [-0.1, -0.05) is 12.1 Å². The summed E-state index contributed by atoms with van der Waals surface area (Å²) in [5.41, 5.74) is 1.24. The van der Waals surface area contributed by atoms with Gasteiger partial charge in [-0.25, -0.2) is 0 Å². The second-order valence-electron chi connectivity index (χ2n) is 4.92. The van der Waals surface area contributed by atoms with Crippen molar-refractivity contribution in [1.82, 2.24) is 5.32 Å². The van der Waals surface area contributed by atoms with Crippen LogP contribution in [0.3, 0.4) is 0 Å². The Morgan fingerprint density at radius 1 is 1.33 bits per heavy atom. The highest BCUT2D eigenvalue weighted by molar-refractivity contribution is 5.27. The van der Waals surface area contributed by atoms with Crippen molar-refractivity contribution in [1.29, 1.82) is 0 Å². The molecule has 2 rings (SSSR count). The van der Waals surface area contributed by atoms with Gasteiger partial charge in [0.2, 0.25) is 0 Å². The van der Waals surface area contributed by atoms with E-state index in [0.717, 1.165) is 44.6 Å². The van der Waals surface area contributed by atoms with Crippen LogP contribution in [0.4, 0.5) is 0 Å². The summed E-state index contributed by atoms with van der Waals surface area (Å²) in [5.74, 6) is 1.74. The highest BCUT2D eigenvalue weighted by atomic mass is 16.5. The lowest BCUT2D eigenvalue weighted by Crippen LogP contribution is -2.30. The summed E-state index contributed by atoms with van der Waals surface area (Å²) in [6.07, 6.45) is 2.37. The van der Waals surface area contributed by atoms with Crippen molar-refractivity contribution < 1.29 is 9.47 Å². The van der Waals surface area contributed by atoms with Crippen molar-refractivity contribution >= 4 is 0 Å². The van der Waals surface area contributed by atoms with Gasteiger partial charge in [0.05, 0.1) is 0 Å². The number of benzene rings is 1. The first-order valence-electron chi connectivity index (χ1n) is 6.82. The van der Waals surface area contributed by atoms with E-state index in [4.69, 9.17) is 9.47 Å². The molecule has 0 radical (unpaired) electrons. The van der Waals surface area contributed by atoms with Crippen LogP contribution in [0.2, 0.25) is 0 Å². The normalized spacial score (nSPS) is 16.7. The second-order valence-corrected chi connectivity index (χ2v) is 4.92. The van der Waals surface area contributed by atoms with Crippen molar-refractivity contribution in [3.05, 3.63) is 29.8 Å². The lowest BCUT2D eigenvalue weighted by atomic mass is 10.0. The molecular weight excluding hydrogens is 226 g/mol. The maximum Gasteiger partial charge on any atom is 0.119 e. The highest BCUT2D eigenvalue weighted by Crippen LogP contribution is 2.13. The maximum atomic E-state index is 5.69. The molecule has 0 amide bonds. The topological polar surface area (TPSA) is 30.5 Å². The Bertz CT molecular complexity index is 348. The third kappa shape index (κ3) is 4.67. The van der Waals surface area contributed by atoms with Gasteiger partial charge < -0.3 is 14.8 Å². The average molecular weight is 249 g/mol. The van der Waals surface area contributed by atoms with E-state index >= 15 is 0 Å². The molecule has 1 fully saturated rings. The zero-order valence-corrected chi connectivity index (χ0v) is 11.2. The van der Waals surface area contributed by atoms with Crippen LogP contribution in [0, 0.1) is 12.8 Å². The van der Waals surface area contributed by atoms with E-state index in [0.29, 0.717) is 0 Å². The number of ether oxygens (including phenoxy) is 2. The quantitative estimate of drug-likeness (QED) is 0.785. The molecule has 0 bridgehead atoms. The molecule has 100 valence electrons. The van der Waals surface area contributed by atoms with Gasteiger partial charge >= 0.3 is 0 Å². The molecule has 1 aromatic rings. The Kier molecular flexibility index (Phi) is 5.49. The Hall–Kier alpha value is -1.06. The van der Waals surface area contributed by atoms with Gasteiger partial charge in [0.25, 0.3) is 0 Å². The summed E-state index contributed by atoms with van der Waals surface area (Å²) in [5, 5.41) is 3.46. The molecule has 0 unspecified atom stereocenters. The Morgan fingerprint density at radius 3 is 2.94 bits per heavy atom. The maximum absolute atomic E-state index is 5.69. The molecule has 0 saturated carbocycles. The van der Waals surface area contributed by atoms with E-state index in [2.05, 4.69) is 24.4 Å². The summed E-state index contributed by atoms with van der Waals surface area (Å²) >= 11 is 0. The van der Waals surface area contributed by atoms with Crippen molar-refractivity contribution in [3.63, 3.8) is 0 Å². The van der Waals surface area contributed by atoms with Crippen LogP contribution in [-0.2, 0) is 4.74 Å². The minimum atomic E-state index is 0.729. The number of hydrogen-bond donors (Lipinski definition) is 1. The van der Waals surface area contributed by atoms with Crippen LogP contribution in [0.15, 0.2) is 24.3 Å². The molecule has 1 saturated heterocycles. The second kappa shape index (κ2) is 7.39. The predicted octanol–water partition coefficient (Wildman–Crippen LogP) is 2.39. The molecular formula is C15H23NO2. The zero-order valence-electron chi connectivity index (χ0n) is 11.2. The fraction of sp³-hybridized carbons (Fsp3) is 0.600. The first-order chi connectivity index (χ1) is 8.84. The summed E-state index contributed by atoms with van der Waals surface area (Å²) in [7, 11) is 0. The molecule has 3 heteroatoms. The Balaban J connectivity index is 1.55. The molecule has 3 nitrogen and oxygen atoms in total. The third-order valence-electron chi connectivity index (χ3n) is 3.31. The van der Waals surface area contributed by atoms with Crippen LogP contribution < -0.4 is 10.1 Å². The van der Waals surface area contributed by atoms with Gasteiger partial charge in [-0.3, -0.25) is 0 Å². The monoisotopic (exact) mass is 249 g/mol. The van der Waals surface area contributed by atoms with Gasteiger partial charge in [-0.2, -0.15) is 0 Å². The Labute approximate surface area is 109 Å². The number of nitrogens with one attached hydrogen (secondary N) is 1. The lowest BCUT2D eigenvalue weighted by Gasteiger charge is -2.22. The fourth-order valence-electron chi connectivity index (χ4n) is 2.20. The van der Waals surface area contributed by atoms with E-state index in [1.165, 1.54) is 18.4 Å². The molecule has 0 atom stereocenters. The standard InChI is InChI=1S/C15H23NO2/c1-13-3-2-4-15(11-13)18-10-7-16-12-14-5-8-17-9-6-14/h2-4,11,14,16H,5-10,12H2,1H3. The summed E-state index contributed by atoms with van der Waals surface area (Å²) in [6.45, 7) is 6.65. The van der Waals surface area contributed by atoms with Crippen LogP contribution in [0.5, 0.6) is 5.75 Å². The number of rotatable bonds is 6. The van der Waals surface area contributed by atoms with Crippen LogP contribution in [0.25, 0.3) is 0 Å². The van der Waals surface area contributed by atoms with E-state index in [1.807, 2.05) is 12.1 Å². The average Bonchev–Trinajstić information content (AvgIpc) is 2.40. The van der Waals surface area contributed by atoms with Crippen LogP contribution in [0.1, 0.15) is 18.4 Å². The molecule has 1 aromatic carbocycles. The lowest BCUT2D eigenvalue weighted by molar-refractivity contribution is 0.0661. The molecule has 1 aliphatic rings.